The fourth-order valence-corrected chi connectivity index (χ4v) is 2.02. The molecule has 0 bridgehead atoms. The largest absolute Gasteiger partial charge is 0.372 e. The van der Waals surface area contributed by atoms with Gasteiger partial charge in [-0.25, -0.2) is 0 Å². The van der Waals surface area contributed by atoms with Gasteiger partial charge in [0, 0.05) is 30.9 Å². The second-order valence-corrected chi connectivity index (χ2v) is 5.18. The summed E-state index contributed by atoms with van der Waals surface area (Å²) in [7, 11) is 0. The van der Waals surface area contributed by atoms with Gasteiger partial charge in [-0.3, -0.25) is 4.79 Å². The van der Waals surface area contributed by atoms with Gasteiger partial charge in [0.05, 0.1) is 0 Å². The Labute approximate surface area is 146 Å². The van der Waals surface area contributed by atoms with E-state index < -0.39 is 0 Å². The lowest BCUT2D eigenvalue weighted by Gasteiger charge is -2.22. The molecule has 0 spiro atoms. The highest BCUT2D eigenvalue weighted by atomic mass is 35.5. The van der Waals surface area contributed by atoms with Crippen LogP contribution in [0.3, 0.4) is 0 Å². The van der Waals surface area contributed by atoms with Crippen LogP contribution in [0.15, 0.2) is 24.3 Å². The van der Waals surface area contributed by atoms with Gasteiger partial charge < -0.3 is 16.0 Å². The lowest BCUT2D eigenvalue weighted by atomic mass is 10.1. The van der Waals surface area contributed by atoms with E-state index >= 15 is 0 Å². The zero-order valence-electron chi connectivity index (χ0n) is 13.7. The zero-order chi connectivity index (χ0) is 15.0. The van der Waals surface area contributed by atoms with Crippen molar-refractivity contribution >= 4 is 36.4 Å². The van der Waals surface area contributed by atoms with Gasteiger partial charge in [-0.1, -0.05) is 13.8 Å². The Kier molecular flexibility index (Phi) is 13.3. The van der Waals surface area contributed by atoms with Crippen LogP contribution in [-0.4, -0.2) is 32.1 Å². The molecule has 1 amide bonds. The summed E-state index contributed by atoms with van der Waals surface area (Å²) in [5.41, 5.74) is 7.40. The summed E-state index contributed by atoms with van der Waals surface area (Å²) in [6, 6.07) is 7.80. The van der Waals surface area contributed by atoms with Gasteiger partial charge in [0.1, 0.15) is 0 Å². The molecule has 4 nitrogen and oxygen atoms in total. The third-order valence-corrected chi connectivity index (χ3v) is 3.38. The Morgan fingerprint density at radius 2 is 1.82 bits per heavy atom. The summed E-state index contributed by atoms with van der Waals surface area (Å²) in [6.45, 7) is 9.56. The first-order valence-electron chi connectivity index (χ1n) is 7.45. The maximum absolute atomic E-state index is 12.0. The molecule has 0 saturated carbocycles. The van der Waals surface area contributed by atoms with E-state index in [1.165, 1.54) is 5.69 Å². The molecule has 22 heavy (non-hydrogen) atoms. The van der Waals surface area contributed by atoms with Crippen molar-refractivity contribution in [1.29, 1.82) is 0 Å². The highest BCUT2D eigenvalue weighted by Gasteiger charge is 2.08. The number of hydrogen-bond donors (Lipinski definition) is 2. The van der Waals surface area contributed by atoms with Gasteiger partial charge in [0.15, 0.2) is 0 Å². The van der Waals surface area contributed by atoms with Gasteiger partial charge in [-0.2, -0.15) is 0 Å². The molecular formula is C16H29Cl2N3O. The maximum Gasteiger partial charge on any atom is 0.251 e. The Hall–Kier alpha value is -0.970. The van der Waals surface area contributed by atoms with Crippen LogP contribution in [-0.2, 0) is 0 Å². The minimum Gasteiger partial charge on any atom is -0.372 e. The number of carbonyl (C=O) groups excluding carboxylic acids is 1. The number of nitrogens with two attached hydrogens (primary N) is 1. The van der Waals surface area contributed by atoms with Crippen LogP contribution in [0, 0.1) is 5.92 Å². The lowest BCUT2D eigenvalue weighted by molar-refractivity contribution is 0.0948. The molecule has 0 aliphatic rings. The predicted molar refractivity (Wildman–Crippen MR) is 99.7 cm³/mol. The predicted octanol–water partition coefficient (Wildman–Crippen LogP) is 3.09. The average molecular weight is 350 g/mol. The molecule has 1 aromatic rings. The molecule has 0 saturated heterocycles. The van der Waals surface area contributed by atoms with E-state index in [0.29, 0.717) is 24.6 Å². The highest BCUT2D eigenvalue weighted by molar-refractivity contribution is 5.94. The Morgan fingerprint density at radius 1 is 1.23 bits per heavy atom. The number of rotatable bonds is 8. The summed E-state index contributed by atoms with van der Waals surface area (Å²) in [5.74, 6) is 0.272. The van der Waals surface area contributed by atoms with E-state index in [2.05, 4.69) is 24.1 Å². The highest BCUT2D eigenvalue weighted by Crippen LogP contribution is 2.15. The van der Waals surface area contributed by atoms with Crippen LogP contribution in [0.1, 0.15) is 37.6 Å². The molecule has 0 aromatic heterocycles. The van der Waals surface area contributed by atoms with E-state index in [1.807, 2.05) is 31.2 Å². The van der Waals surface area contributed by atoms with Crippen molar-refractivity contribution in [3.8, 4) is 0 Å². The second-order valence-electron chi connectivity index (χ2n) is 5.18. The monoisotopic (exact) mass is 349 g/mol. The van der Waals surface area contributed by atoms with Gasteiger partial charge in [-0.15, -0.1) is 24.8 Å². The summed E-state index contributed by atoms with van der Waals surface area (Å²) < 4.78 is 0. The van der Waals surface area contributed by atoms with E-state index in [0.717, 1.165) is 19.5 Å². The Bertz CT molecular complexity index is 412. The first-order valence-corrected chi connectivity index (χ1v) is 7.45. The van der Waals surface area contributed by atoms with Crippen LogP contribution >= 0.6 is 24.8 Å². The molecule has 0 fully saturated rings. The van der Waals surface area contributed by atoms with Crippen LogP contribution in [0.25, 0.3) is 0 Å². The third-order valence-electron chi connectivity index (χ3n) is 3.38. The molecule has 0 radical (unpaired) electrons. The van der Waals surface area contributed by atoms with E-state index in [-0.39, 0.29) is 30.7 Å². The Balaban J connectivity index is 0. The lowest BCUT2D eigenvalue weighted by Crippen LogP contribution is -2.31. The zero-order valence-corrected chi connectivity index (χ0v) is 15.3. The topological polar surface area (TPSA) is 58.4 Å². The minimum absolute atomic E-state index is 0. The van der Waals surface area contributed by atoms with E-state index in [1.54, 1.807) is 0 Å². The second kappa shape index (κ2) is 12.6. The Morgan fingerprint density at radius 3 is 2.27 bits per heavy atom. The summed E-state index contributed by atoms with van der Waals surface area (Å²) in [4.78, 5) is 14.3. The number of anilines is 1. The molecule has 0 heterocycles. The number of amides is 1. The van der Waals surface area contributed by atoms with Gasteiger partial charge in [0.25, 0.3) is 5.91 Å². The van der Waals surface area contributed by atoms with Crippen LogP contribution in [0.4, 0.5) is 5.69 Å². The SMILES string of the molecule is CCCN(CC)c1ccc(C(=O)NCC(C)CN)cc1.Cl.Cl. The van der Waals surface area contributed by atoms with Crippen LogP contribution < -0.4 is 16.0 Å². The van der Waals surface area contributed by atoms with Crippen LogP contribution in [0.5, 0.6) is 0 Å². The van der Waals surface area contributed by atoms with E-state index in [4.69, 9.17) is 5.73 Å². The molecule has 0 aliphatic heterocycles. The maximum atomic E-state index is 12.0. The van der Waals surface area contributed by atoms with Crippen molar-refractivity contribution < 1.29 is 4.79 Å². The van der Waals surface area contributed by atoms with Crippen molar-refractivity contribution in [1.82, 2.24) is 5.32 Å². The molecule has 1 unspecified atom stereocenters. The molecule has 0 aliphatic carbocycles. The average Bonchev–Trinajstić information content (AvgIpc) is 2.50. The van der Waals surface area contributed by atoms with E-state index in [9.17, 15) is 4.79 Å². The smallest absolute Gasteiger partial charge is 0.251 e. The number of nitrogens with one attached hydrogen (secondary N) is 1. The normalized spacial score (nSPS) is 10.9. The van der Waals surface area contributed by atoms with Crippen molar-refractivity contribution in [3.05, 3.63) is 29.8 Å². The van der Waals surface area contributed by atoms with Crippen molar-refractivity contribution in [2.24, 2.45) is 11.7 Å². The third kappa shape index (κ3) is 7.34. The fourth-order valence-electron chi connectivity index (χ4n) is 2.02. The number of nitrogens with zero attached hydrogens (tertiary/aromatic N) is 1. The summed E-state index contributed by atoms with van der Waals surface area (Å²) in [6.07, 6.45) is 1.12. The standard InChI is InChI=1S/C16H27N3O.2ClH/c1-4-10-19(5-2)15-8-6-14(7-9-15)16(20)18-12-13(3)11-17;;/h6-9,13H,4-5,10-12,17H2,1-3H3,(H,18,20);2*1H. The molecule has 1 rings (SSSR count). The van der Waals surface area contributed by atoms with Crippen molar-refractivity contribution in [3.63, 3.8) is 0 Å². The van der Waals surface area contributed by atoms with Gasteiger partial charge in [-0.05, 0) is 50.1 Å². The number of benzene rings is 1. The molecule has 3 N–H and O–H groups in total. The summed E-state index contributed by atoms with van der Waals surface area (Å²) in [5, 5.41) is 2.90. The fraction of sp³-hybridized carbons (Fsp3) is 0.562. The van der Waals surface area contributed by atoms with Crippen LogP contribution in [0.2, 0.25) is 0 Å². The molecule has 128 valence electrons. The number of hydrogen-bond acceptors (Lipinski definition) is 3. The summed E-state index contributed by atoms with van der Waals surface area (Å²) >= 11 is 0. The minimum atomic E-state index is -0.0320. The number of carbonyl (C=O) groups is 1. The molecule has 1 aromatic carbocycles. The van der Waals surface area contributed by atoms with Crippen molar-refractivity contribution in [2.45, 2.75) is 27.2 Å². The van der Waals surface area contributed by atoms with Gasteiger partial charge in [0.2, 0.25) is 0 Å². The quantitative estimate of drug-likeness (QED) is 0.757. The first-order chi connectivity index (χ1) is 9.62. The molecular weight excluding hydrogens is 321 g/mol. The first kappa shape index (κ1) is 23.3. The van der Waals surface area contributed by atoms with Crippen molar-refractivity contribution in [2.75, 3.05) is 31.1 Å². The van der Waals surface area contributed by atoms with Gasteiger partial charge >= 0.3 is 0 Å². The molecule has 1 atom stereocenters. The molecule has 6 heteroatoms. The number of halogens is 2.